The number of nitrogens with zero attached hydrogens (tertiary/aromatic N) is 1. The molecule has 3 rings (SSSR count). The number of benzene rings is 3. The SMILES string of the molecule is COc1cc(C(=O)NC(C)c2cccc([N+](=O)[O-])c2)cc(OC)c1OCc1ccccc1. The molecular formula is C24H24N2O6. The summed E-state index contributed by atoms with van der Waals surface area (Å²) in [5.74, 6) is 0.721. The number of non-ortho nitro benzene ring substituents is 1. The van der Waals surface area contributed by atoms with Crippen molar-refractivity contribution in [2.75, 3.05) is 14.2 Å². The fraction of sp³-hybridized carbons (Fsp3) is 0.208. The lowest BCUT2D eigenvalue weighted by Gasteiger charge is -2.18. The third-order valence-electron chi connectivity index (χ3n) is 4.88. The first-order valence-electron chi connectivity index (χ1n) is 9.91. The van der Waals surface area contributed by atoms with Gasteiger partial charge in [-0.15, -0.1) is 0 Å². The van der Waals surface area contributed by atoms with E-state index in [1.165, 1.54) is 26.4 Å². The van der Waals surface area contributed by atoms with E-state index >= 15 is 0 Å². The molecule has 1 unspecified atom stereocenters. The molecule has 0 aliphatic heterocycles. The van der Waals surface area contributed by atoms with Crippen LogP contribution >= 0.6 is 0 Å². The van der Waals surface area contributed by atoms with E-state index in [0.717, 1.165) is 5.56 Å². The fourth-order valence-electron chi connectivity index (χ4n) is 3.15. The van der Waals surface area contributed by atoms with Crippen LogP contribution in [0.3, 0.4) is 0 Å². The standard InChI is InChI=1S/C24H24N2O6/c1-16(18-10-7-11-20(12-18)26(28)29)25-24(27)19-13-21(30-2)23(22(14-19)31-3)32-15-17-8-5-4-6-9-17/h4-14,16H,15H2,1-3H3,(H,25,27). The molecule has 0 bridgehead atoms. The van der Waals surface area contributed by atoms with E-state index in [2.05, 4.69) is 5.32 Å². The van der Waals surface area contributed by atoms with Crippen LogP contribution in [-0.2, 0) is 6.61 Å². The van der Waals surface area contributed by atoms with Crippen molar-refractivity contribution in [2.45, 2.75) is 19.6 Å². The average Bonchev–Trinajstić information content (AvgIpc) is 2.82. The molecule has 32 heavy (non-hydrogen) atoms. The van der Waals surface area contributed by atoms with Gasteiger partial charge in [-0.2, -0.15) is 0 Å². The van der Waals surface area contributed by atoms with Gasteiger partial charge in [-0.05, 0) is 30.2 Å². The van der Waals surface area contributed by atoms with Gasteiger partial charge in [0.25, 0.3) is 11.6 Å². The Morgan fingerprint density at radius 1 is 1.00 bits per heavy atom. The monoisotopic (exact) mass is 436 g/mol. The van der Waals surface area contributed by atoms with Crippen LogP contribution in [0.4, 0.5) is 5.69 Å². The highest BCUT2D eigenvalue weighted by Crippen LogP contribution is 2.39. The van der Waals surface area contributed by atoms with Crippen molar-refractivity contribution >= 4 is 11.6 Å². The summed E-state index contributed by atoms with van der Waals surface area (Å²) in [5.41, 5.74) is 1.87. The summed E-state index contributed by atoms with van der Waals surface area (Å²) < 4.78 is 16.8. The molecule has 3 aromatic rings. The van der Waals surface area contributed by atoms with Gasteiger partial charge in [0, 0.05) is 17.7 Å². The second kappa shape index (κ2) is 10.3. The zero-order chi connectivity index (χ0) is 23.1. The van der Waals surface area contributed by atoms with Crippen molar-refractivity contribution in [3.05, 3.63) is 93.5 Å². The van der Waals surface area contributed by atoms with Gasteiger partial charge in [0.2, 0.25) is 5.75 Å². The van der Waals surface area contributed by atoms with Crippen LogP contribution in [0.5, 0.6) is 17.2 Å². The fourth-order valence-corrected chi connectivity index (χ4v) is 3.15. The molecule has 0 aliphatic rings. The number of ether oxygens (including phenoxy) is 3. The molecule has 1 atom stereocenters. The Balaban J connectivity index is 1.80. The predicted octanol–water partition coefficient (Wildman–Crippen LogP) is 4.68. The Morgan fingerprint density at radius 2 is 1.66 bits per heavy atom. The summed E-state index contributed by atoms with van der Waals surface area (Å²) in [6, 6.07) is 18.5. The van der Waals surface area contributed by atoms with Gasteiger partial charge in [-0.1, -0.05) is 42.5 Å². The van der Waals surface area contributed by atoms with E-state index in [-0.39, 0.29) is 11.6 Å². The molecule has 0 saturated heterocycles. The lowest BCUT2D eigenvalue weighted by atomic mass is 10.1. The minimum atomic E-state index is -0.470. The highest BCUT2D eigenvalue weighted by Gasteiger charge is 2.20. The van der Waals surface area contributed by atoms with Gasteiger partial charge in [-0.25, -0.2) is 0 Å². The van der Waals surface area contributed by atoms with E-state index in [1.54, 1.807) is 31.2 Å². The maximum atomic E-state index is 12.9. The average molecular weight is 436 g/mol. The van der Waals surface area contributed by atoms with Crippen LogP contribution in [0.15, 0.2) is 66.7 Å². The van der Waals surface area contributed by atoms with Crippen LogP contribution in [0, 0.1) is 10.1 Å². The molecule has 0 radical (unpaired) electrons. The number of carbonyl (C=O) groups is 1. The third-order valence-corrected chi connectivity index (χ3v) is 4.88. The third kappa shape index (κ3) is 5.34. The van der Waals surface area contributed by atoms with Crippen LogP contribution in [0.1, 0.15) is 34.5 Å². The summed E-state index contributed by atoms with van der Waals surface area (Å²) in [7, 11) is 2.97. The van der Waals surface area contributed by atoms with Crippen LogP contribution in [-0.4, -0.2) is 25.1 Å². The number of hydrogen-bond donors (Lipinski definition) is 1. The molecule has 3 aromatic carbocycles. The molecule has 8 heteroatoms. The summed E-state index contributed by atoms with van der Waals surface area (Å²) in [4.78, 5) is 23.4. The number of nitro benzene ring substituents is 1. The minimum Gasteiger partial charge on any atom is -0.493 e. The van der Waals surface area contributed by atoms with Crippen LogP contribution in [0.25, 0.3) is 0 Å². The van der Waals surface area contributed by atoms with Crippen molar-refractivity contribution in [3.63, 3.8) is 0 Å². The highest BCUT2D eigenvalue weighted by atomic mass is 16.6. The molecule has 0 saturated carbocycles. The van der Waals surface area contributed by atoms with Gasteiger partial charge in [0.05, 0.1) is 25.2 Å². The van der Waals surface area contributed by atoms with E-state index in [0.29, 0.717) is 35.0 Å². The van der Waals surface area contributed by atoms with Gasteiger partial charge in [0.15, 0.2) is 11.5 Å². The summed E-state index contributed by atoms with van der Waals surface area (Å²) in [6.07, 6.45) is 0. The Labute approximate surface area is 185 Å². The highest BCUT2D eigenvalue weighted by molar-refractivity contribution is 5.95. The number of nitrogens with one attached hydrogen (secondary N) is 1. The Kier molecular flexibility index (Phi) is 7.28. The second-order valence-corrected chi connectivity index (χ2v) is 7.03. The Morgan fingerprint density at radius 3 is 2.25 bits per heavy atom. The normalized spacial score (nSPS) is 11.3. The van der Waals surface area contributed by atoms with Crippen LogP contribution < -0.4 is 19.5 Å². The van der Waals surface area contributed by atoms with Crippen molar-refractivity contribution in [3.8, 4) is 17.2 Å². The van der Waals surface area contributed by atoms with Crippen LogP contribution in [0.2, 0.25) is 0 Å². The largest absolute Gasteiger partial charge is 0.493 e. The molecular weight excluding hydrogens is 412 g/mol. The van der Waals surface area contributed by atoms with E-state index in [9.17, 15) is 14.9 Å². The number of hydrogen-bond acceptors (Lipinski definition) is 6. The first-order valence-corrected chi connectivity index (χ1v) is 9.91. The van der Waals surface area contributed by atoms with Crippen molar-refractivity contribution in [1.82, 2.24) is 5.32 Å². The van der Waals surface area contributed by atoms with Gasteiger partial charge < -0.3 is 19.5 Å². The molecule has 0 aromatic heterocycles. The molecule has 166 valence electrons. The molecule has 1 N–H and O–H groups in total. The van der Waals surface area contributed by atoms with Gasteiger partial charge >= 0.3 is 0 Å². The first-order chi connectivity index (χ1) is 15.4. The number of rotatable bonds is 9. The zero-order valence-electron chi connectivity index (χ0n) is 18.0. The molecule has 0 spiro atoms. The van der Waals surface area contributed by atoms with E-state index in [1.807, 2.05) is 30.3 Å². The van der Waals surface area contributed by atoms with Crippen molar-refractivity contribution in [2.24, 2.45) is 0 Å². The summed E-state index contributed by atoms with van der Waals surface area (Å²) in [5, 5.41) is 13.9. The van der Waals surface area contributed by atoms with Crippen molar-refractivity contribution in [1.29, 1.82) is 0 Å². The van der Waals surface area contributed by atoms with Gasteiger partial charge in [0.1, 0.15) is 6.61 Å². The molecule has 0 heterocycles. The quantitative estimate of drug-likeness (QED) is 0.386. The summed E-state index contributed by atoms with van der Waals surface area (Å²) in [6.45, 7) is 2.06. The molecule has 0 fully saturated rings. The van der Waals surface area contributed by atoms with E-state index in [4.69, 9.17) is 14.2 Å². The lowest BCUT2D eigenvalue weighted by molar-refractivity contribution is -0.384. The summed E-state index contributed by atoms with van der Waals surface area (Å²) >= 11 is 0. The lowest BCUT2D eigenvalue weighted by Crippen LogP contribution is -2.26. The Hall–Kier alpha value is -4.07. The molecule has 0 aliphatic carbocycles. The second-order valence-electron chi connectivity index (χ2n) is 7.03. The maximum Gasteiger partial charge on any atom is 0.269 e. The first kappa shape index (κ1) is 22.6. The topological polar surface area (TPSA) is 99.9 Å². The minimum absolute atomic E-state index is 0.0353. The Bertz CT molecular complexity index is 1080. The predicted molar refractivity (Wildman–Crippen MR) is 119 cm³/mol. The number of carbonyl (C=O) groups excluding carboxylic acids is 1. The van der Waals surface area contributed by atoms with Crippen molar-refractivity contribution < 1.29 is 23.9 Å². The molecule has 1 amide bonds. The molecule has 8 nitrogen and oxygen atoms in total. The number of amides is 1. The maximum absolute atomic E-state index is 12.9. The number of nitro groups is 1. The van der Waals surface area contributed by atoms with Gasteiger partial charge in [-0.3, -0.25) is 14.9 Å². The number of methoxy groups -OCH3 is 2. The zero-order valence-corrected chi connectivity index (χ0v) is 18.0. The smallest absolute Gasteiger partial charge is 0.269 e. The van der Waals surface area contributed by atoms with E-state index < -0.39 is 11.0 Å².